The van der Waals surface area contributed by atoms with Gasteiger partial charge in [0.05, 0.1) is 11.6 Å². The van der Waals surface area contributed by atoms with Gasteiger partial charge in [0, 0.05) is 31.6 Å². The van der Waals surface area contributed by atoms with Crippen molar-refractivity contribution in [3.8, 4) is 0 Å². The van der Waals surface area contributed by atoms with Gasteiger partial charge >= 0.3 is 0 Å². The average Bonchev–Trinajstić information content (AvgIpc) is 2.93. The average molecular weight is 353 g/mol. The van der Waals surface area contributed by atoms with Gasteiger partial charge in [-0.25, -0.2) is 4.98 Å². The SMILES string of the molecule is O=C(c1ccc2ccccc2n1)N1CCCO[C@H](CN2CCCCC2)C1. The minimum Gasteiger partial charge on any atom is -0.375 e. The van der Waals surface area contributed by atoms with Crippen molar-refractivity contribution >= 4 is 16.8 Å². The predicted octanol–water partition coefficient (Wildman–Crippen LogP) is 2.95. The number of ether oxygens (including phenoxy) is 1. The molecule has 138 valence electrons. The fourth-order valence-electron chi connectivity index (χ4n) is 3.97. The summed E-state index contributed by atoms with van der Waals surface area (Å²) >= 11 is 0. The minimum absolute atomic E-state index is 0.0184. The molecule has 1 atom stereocenters. The highest BCUT2D eigenvalue weighted by Crippen LogP contribution is 2.16. The third-order valence-electron chi connectivity index (χ3n) is 5.37. The third-order valence-corrected chi connectivity index (χ3v) is 5.37. The van der Waals surface area contributed by atoms with Crippen LogP contribution in [0.25, 0.3) is 10.9 Å². The van der Waals surface area contributed by atoms with Gasteiger partial charge in [0.15, 0.2) is 0 Å². The molecule has 26 heavy (non-hydrogen) atoms. The number of nitrogens with zero attached hydrogens (tertiary/aromatic N) is 3. The van der Waals surface area contributed by atoms with E-state index in [4.69, 9.17) is 4.74 Å². The Hall–Kier alpha value is -1.98. The Labute approximate surface area is 154 Å². The van der Waals surface area contributed by atoms with Gasteiger partial charge in [-0.1, -0.05) is 30.7 Å². The molecule has 1 amide bonds. The smallest absolute Gasteiger partial charge is 0.272 e. The standard InChI is InChI=1S/C21H27N3O2/c25-21(20-10-9-17-7-2-3-8-19(17)22-20)24-13-6-14-26-18(16-24)15-23-11-4-1-5-12-23/h2-3,7-10,18H,1,4-6,11-16H2/t18-/m1/s1. The molecule has 0 spiro atoms. The molecular weight excluding hydrogens is 326 g/mol. The number of fused-ring (bicyclic) bond motifs is 1. The summed E-state index contributed by atoms with van der Waals surface area (Å²) in [6.45, 7) is 5.36. The van der Waals surface area contributed by atoms with Crippen molar-refractivity contribution < 1.29 is 9.53 Å². The molecule has 2 fully saturated rings. The van der Waals surface area contributed by atoms with Crippen molar-refractivity contribution in [2.75, 3.05) is 39.3 Å². The monoisotopic (exact) mass is 353 g/mol. The number of aromatic nitrogens is 1. The van der Waals surface area contributed by atoms with Crippen molar-refractivity contribution in [2.24, 2.45) is 0 Å². The summed E-state index contributed by atoms with van der Waals surface area (Å²) in [7, 11) is 0. The zero-order valence-electron chi connectivity index (χ0n) is 15.3. The van der Waals surface area contributed by atoms with E-state index in [1.165, 1.54) is 19.3 Å². The second-order valence-electron chi connectivity index (χ2n) is 7.35. The number of pyridine rings is 1. The van der Waals surface area contributed by atoms with E-state index in [9.17, 15) is 4.79 Å². The van der Waals surface area contributed by atoms with Gasteiger partial charge in [0.25, 0.3) is 5.91 Å². The lowest BCUT2D eigenvalue weighted by Crippen LogP contribution is -2.44. The molecule has 4 rings (SSSR count). The van der Waals surface area contributed by atoms with E-state index in [2.05, 4.69) is 9.88 Å². The summed E-state index contributed by atoms with van der Waals surface area (Å²) in [6.07, 6.45) is 4.86. The van der Waals surface area contributed by atoms with Gasteiger partial charge in [-0.15, -0.1) is 0 Å². The lowest BCUT2D eigenvalue weighted by molar-refractivity contribution is 0.0215. The van der Waals surface area contributed by atoms with Crippen molar-refractivity contribution in [3.05, 3.63) is 42.1 Å². The molecule has 0 radical (unpaired) electrons. The van der Waals surface area contributed by atoms with Crippen molar-refractivity contribution in [2.45, 2.75) is 31.8 Å². The highest BCUT2D eigenvalue weighted by molar-refractivity contribution is 5.94. The molecule has 2 aliphatic rings. The number of hydrogen-bond acceptors (Lipinski definition) is 4. The van der Waals surface area contributed by atoms with E-state index < -0.39 is 0 Å². The number of hydrogen-bond donors (Lipinski definition) is 0. The first-order chi connectivity index (χ1) is 12.8. The number of rotatable bonds is 3. The zero-order valence-corrected chi connectivity index (χ0v) is 15.3. The summed E-state index contributed by atoms with van der Waals surface area (Å²) in [4.78, 5) is 22.0. The van der Waals surface area contributed by atoms with E-state index in [1.54, 1.807) is 0 Å². The second kappa shape index (κ2) is 8.14. The van der Waals surface area contributed by atoms with Crippen LogP contribution in [0.4, 0.5) is 0 Å². The quantitative estimate of drug-likeness (QED) is 0.851. The number of benzene rings is 1. The Balaban J connectivity index is 1.46. The first-order valence-electron chi connectivity index (χ1n) is 9.78. The maximum Gasteiger partial charge on any atom is 0.272 e. The number of amides is 1. The first kappa shape index (κ1) is 17.4. The summed E-state index contributed by atoms with van der Waals surface area (Å²) in [5, 5.41) is 1.06. The number of piperidine rings is 1. The largest absolute Gasteiger partial charge is 0.375 e. The van der Waals surface area contributed by atoms with Crippen LogP contribution in [0.1, 0.15) is 36.2 Å². The molecule has 1 aromatic carbocycles. The van der Waals surface area contributed by atoms with Gasteiger partial charge in [0.2, 0.25) is 0 Å². The third kappa shape index (κ3) is 4.05. The molecule has 0 unspecified atom stereocenters. The zero-order chi connectivity index (χ0) is 17.8. The topological polar surface area (TPSA) is 45.7 Å². The Morgan fingerprint density at radius 1 is 1.04 bits per heavy atom. The molecule has 0 saturated carbocycles. The normalized spacial score (nSPS) is 22.3. The molecule has 3 heterocycles. The molecule has 5 heteroatoms. The van der Waals surface area contributed by atoms with E-state index >= 15 is 0 Å². The van der Waals surface area contributed by atoms with Gasteiger partial charge in [-0.2, -0.15) is 0 Å². The van der Waals surface area contributed by atoms with Crippen LogP contribution in [0.5, 0.6) is 0 Å². The summed E-state index contributed by atoms with van der Waals surface area (Å²) in [6, 6.07) is 11.7. The summed E-state index contributed by atoms with van der Waals surface area (Å²) < 4.78 is 6.04. The molecule has 0 N–H and O–H groups in total. The molecule has 5 nitrogen and oxygen atoms in total. The van der Waals surface area contributed by atoms with Crippen molar-refractivity contribution in [3.63, 3.8) is 0 Å². The van der Waals surface area contributed by atoms with Gasteiger partial charge in [-0.05, 0) is 44.5 Å². The highest BCUT2D eigenvalue weighted by atomic mass is 16.5. The van der Waals surface area contributed by atoms with E-state index in [0.29, 0.717) is 12.2 Å². The maximum atomic E-state index is 13.0. The Bertz CT molecular complexity index is 758. The van der Waals surface area contributed by atoms with Gasteiger partial charge < -0.3 is 14.5 Å². The maximum absolute atomic E-state index is 13.0. The van der Waals surface area contributed by atoms with Crippen molar-refractivity contribution in [1.29, 1.82) is 0 Å². The van der Waals surface area contributed by atoms with Crippen LogP contribution in [-0.2, 0) is 4.74 Å². The van der Waals surface area contributed by atoms with Crippen LogP contribution < -0.4 is 0 Å². The fraction of sp³-hybridized carbons (Fsp3) is 0.524. The predicted molar refractivity (Wildman–Crippen MR) is 102 cm³/mol. The highest BCUT2D eigenvalue weighted by Gasteiger charge is 2.26. The number of carbonyl (C=O) groups is 1. The van der Waals surface area contributed by atoms with Crippen LogP contribution in [0, 0.1) is 0 Å². The van der Waals surface area contributed by atoms with Crippen LogP contribution >= 0.6 is 0 Å². The molecule has 1 aromatic heterocycles. The minimum atomic E-state index is 0.0184. The molecule has 2 aromatic rings. The first-order valence-corrected chi connectivity index (χ1v) is 9.78. The number of carbonyl (C=O) groups excluding carboxylic acids is 1. The van der Waals surface area contributed by atoms with E-state index in [1.807, 2.05) is 41.3 Å². The molecule has 0 aliphatic carbocycles. The lowest BCUT2D eigenvalue weighted by atomic mass is 10.1. The molecule has 2 aliphatic heterocycles. The van der Waals surface area contributed by atoms with Crippen LogP contribution in [0.15, 0.2) is 36.4 Å². The van der Waals surface area contributed by atoms with Crippen molar-refractivity contribution in [1.82, 2.24) is 14.8 Å². The second-order valence-corrected chi connectivity index (χ2v) is 7.35. The Kier molecular flexibility index (Phi) is 5.46. The van der Waals surface area contributed by atoms with E-state index in [-0.39, 0.29) is 12.0 Å². The van der Waals surface area contributed by atoms with Crippen LogP contribution in [-0.4, -0.2) is 66.1 Å². The summed E-state index contributed by atoms with van der Waals surface area (Å²) in [5.74, 6) is 0.0184. The van der Waals surface area contributed by atoms with Crippen LogP contribution in [0.2, 0.25) is 0 Å². The van der Waals surface area contributed by atoms with Crippen LogP contribution in [0.3, 0.4) is 0 Å². The van der Waals surface area contributed by atoms with E-state index in [0.717, 1.165) is 50.1 Å². The van der Waals surface area contributed by atoms with Gasteiger partial charge in [0.1, 0.15) is 5.69 Å². The molecular formula is C21H27N3O2. The molecule has 0 bridgehead atoms. The Morgan fingerprint density at radius 3 is 2.77 bits per heavy atom. The fourth-order valence-corrected chi connectivity index (χ4v) is 3.97. The molecule has 2 saturated heterocycles. The summed E-state index contributed by atoms with van der Waals surface area (Å²) in [5.41, 5.74) is 1.40. The Morgan fingerprint density at radius 2 is 1.88 bits per heavy atom. The lowest BCUT2D eigenvalue weighted by Gasteiger charge is -2.31. The number of para-hydroxylation sites is 1. The van der Waals surface area contributed by atoms with Gasteiger partial charge in [-0.3, -0.25) is 4.79 Å². The number of likely N-dealkylation sites (tertiary alicyclic amines) is 1.